The molecule has 0 aliphatic heterocycles. The minimum atomic E-state index is -0.214. The van der Waals surface area contributed by atoms with E-state index in [9.17, 15) is 9.90 Å². The second kappa shape index (κ2) is 10.3. The van der Waals surface area contributed by atoms with Crippen LogP contribution in [0.25, 0.3) is 0 Å². The van der Waals surface area contributed by atoms with Crippen LogP contribution in [0, 0.1) is 12.3 Å². The summed E-state index contributed by atoms with van der Waals surface area (Å²) in [5, 5.41) is 12.5. The van der Waals surface area contributed by atoms with Crippen LogP contribution >= 0.6 is 0 Å². The number of benzene rings is 1. The van der Waals surface area contributed by atoms with Gasteiger partial charge in [-0.1, -0.05) is 61.4 Å². The van der Waals surface area contributed by atoms with E-state index < -0.39 is 0 Å². The zero-order valence-electron chi connectivity index (χ0n) is 19.2. The standard InChI is InChI=1S/C27H35NO2/c1-19(15-16-23-21(3)12-9-17-27(23,5)6)10-7-11-20(2)18-26(30)28-24-13-8-14-25(29)22(24)4/h7-8,10-11,13-16,18,29H,9,12,17H2,1-6H3,(H,28,30). The fourth-order valence-corrected chi connectivity index (χ4v) is 3.81. The summed E-state index contributed by atoms with van der Waals surface area (Å²) in [6.45, 7) is 12.6. The Bertz CT molecular complexity index is 940. The van der Waals surface area contributed by atoms with E-state index in [1.165, 1.54) is 36.0 Å². The number of hydrogen-bond acceptors (Lipinski definition) is 2. The molecule has 0 radical (unpaired) electrons. The molecule has 0 spiro atoms. The lowest BCUT2D eigenvalue weighted by Crippen LogP contribution is -2.19. The molecule has 1 aliphatic rings. The maximum Gasteiger partial charge on any atom is 0.248 e. The largest absolute Gasteiger partial charge is 0.508 e. The van der Waals surface area contributed by atoms with Gasteiger partial charge in [0.2, 0.25) is 5.91 Å². The molecule has 1 aromatic rings. The van der Waals surface area contributed by atoms with Crippen LogP contribution in [0.1, 0.15) is 59.4 Å². The SMILES string of the molecule is CC(C=CC1=C(C)CCCC1(C)C)=CC=CC(C)=CC(=O)Nc1cccc(O)c1C. The molecule has 160 valence electrons. The predicted octanol–water partition coefficient (Wildman–Crippen LogP) is 7.17. The van der Waals surface area contributed by atoms with Crippen molar-refractivity contribution in [2.45, 2.75) is 60.8 Å². The van der Waals surface area contributed by atoms with E-state index in [0.29, 0.717) is 11.3 Å². The molecule has 0 saturated heterocycles. The summed E-state index contributed by atoms with van der Waals surface area (Å²) in [7, 11) is 0. The molecule has 1 aromatic carbocycles. The van der Waals surface area contributed by atoms with E-state index in [4.69, 9.17) is 0 Å². The fourth-order valence-electron chi connectivity index (χ4n) is 3.81. The lowest BCUT2D eigenvalue weighted by molar-refractivity contribution is -0.111. The molecule has 0 aromatic heterocycles. The van der Waals surface area contributed by atoms with Crippen LogP contribution in [-0.2, 0) is 4.79 Å². The number of phenolic OH excluding ortho intramolecular Hbond substituents is 1. The zero-order chi connectivity index (χ0) is 22.3. The van der Waals surface area contributed by atoms with E-state index in [2.05, 4.69) is 51.2 Å². The fraction of sp³-hybridized carbons (Fsp3) is 0.370. The highest BCUT2D eigenvalue weighted by Crippen LogP contribution is 2.40. The van der Waals surface area contributed by atoms with Gasteiger partial charge in [0.15, 0.2) is 0 Å². The van der Waals surface area contributed by atoms with Gasteiger partial charge in [-0.15, -0.1) is 0 Å². The topological polar surface area (TPSA) is 49.3 Å². The zero-order valence-corrected chi connectivity index (χ0v) is 19.2. The van der Waals surface area contributed by atoms with Crippen molar-refractivity contribution in [3.63, 3.8) is 0 Å². The van der Waals surface area contributed by atoms with Gasteiger partial charge in [-0.25, -0.2) is 0 Å². The van der Waals surface area contributed by atoms with Crippen LogP contribution in [0.5, 0.6) is 5.75 Å². The van der Waals surface area contributed by atoms with Gasteiger partial charge in [0.1, 0.15) is 5.75 Å². The van der Waals surface area contributed by atoms with Crippen molar-refractivity contribution in [2.24, 2.45) is 5.41 Å². The highest BCUT2D eigenvalue weighted by Gasteiger charge is 2.26. The van der Waals surface area contributed by atoms with Crippen molar-refractivity contribution in [1.29, 1.82) is 0 Å². The minimum absolute atomic E-state index is 0.171. The van der Waals surface area contributed by atoms with Gasteiger partial charge in [-0.3, -0.25) is 4.79 Å². The number of hydrogen-bond donors (Lipinski definition) is 2. The second-order valence-corrected chi connectivity index (χ2v) is 8.86. The summed E-state index contributed by atoms with van der Waals surface area (Å²) in [6.07, 6.45) is 15.6. The molecule has 1 amide bonds. The molecule has 3 nitrogen and oxygen atoms in total. The number of phenols is 1. The van der Waals surface area contributed by atoms with E-state index in [-0.39, 0.29) is 17.1 Å². The highest BCUT2D eigenvalue weighted by atomic mass is 16.3. The van der Waals surface area contributed by atoms with Crippen LogP contribution in [0.2, 0.25) is 0 Å². The third kappa shape index (κ3) is 6.62. The molecule has 0 saturated carbocycles. The van der Waals surface area contributed by atoms with Gasteiger partial charge in [0.25, 0.3) is 0 Å². The van der Waals surface area contributed by atoms with Crippen molar-refractivity contribution in [1.82, 2.24) is 0 Å². The van der Waals surface area contributed by atoms with Crippen LogP contribution in [0.3, 0.4) is 0 Å². The van der Waals surface area contributed by atoms with Crippen LogP contribution in [-0.4, -0.2) is 11.0 Å². The Morgan fingerprint density at radius 2 is 1.87 bits per heavy atom. The normalized spacial score (nSPS) is 17.8. The number of amides is 1. The van der Waals surface area contributed by atoms with E-state index in [1.54, 1.807) is 31.2 Å². The number of carbonyl (C=O) groups is 1. The Labute approximate surface area is 181 Å². The van der Waals surface area contributed by atoms with Crippen molar-refractivity contribution in [3.8, 4) is 5.75 Å². The summed E-state index contributed by atoms with van der Waals surface area (Å²) in [5.74, 6) is -0.0435. The van der Waals surface area contributed by atoms with Crippen LogP contribution < -0.4 is 5.32 Å². The molecule has 2 rings (SSSR count). The predicted molar refractivity (Wildman–Crippen MR) is 128 cm³/mol. The van der Waals surface area contributed by atoms with Gasteiger partial charge >= 0.3 is 0 Å². The Morgan fingerprint density at radius 1 is 1.13 bits per heavy atom. The molecular formula is C27H35NO2. The van der Waals surface area contributed by atoms with E-state index in [1.807, 2.05) is 19.1 Å². The average molecular weight is 406 g/mol. The monoisotopic (exact) mass is 405 g/mol. The van der Waals surface area contributed by atoms with Crippen molar-refractivity contribution in [2.75, 3.05) is 5.32 Å². The number of allylic oxidation sites excluding steroid dienone is 9. The lowest BCUT2D eigenvalue weighted by Gasteiger charge is -2.32. The van der Waals surface area contributed by atoms with Crippen molar-refractivity contribution in [3.05, 3.63) is 82.5 Å². The second-order valence-electron chi connectivity index (χ2n) is 8.86. The van der Waals surface area contributed by atoms with Crippen LogP contribution in [0.4, 0.5) is 5.69 Å². The number of carbonyl (C=O) groups excluding carboxylic acids is 1. The van der Waals surface area contributed by atoms with Gasteiger partial charge in [0, 0.05) is 17.3 Å². The summed E-state index contributed by atoms with van der Waals surface area (Å²) in [4.78, 5) is 12.2. The summed E-state index contributed by atoms with van der Waals surface area (Å²) < 4.78 is 0. The maximum atomic E-state index is 12.2. The Balaban J connectivity index is 1.99. The third-order valence-corrected chi connectivity index (χ3v) is 5.70. The smallest absolute Gasteiger partial charge is 0.248 e. The molecule has 1 aliphatic carbocycles. The Kier molecular flexibility index (Phi) is 8.05. The molecule has 3 heteroatoms. The van der Waals surface area contributed by atoms with Crippen molar-refractivity contribution < 1.29 is 9.90 Å². The summed E-state index contributed by atoms with van der Waals surface area (Å²) in [5.41, 5.74) is 6.49. The molecule has 0 bridgehead atoms. The van der Waals surface area contributed by atoms with Gasteiger partial charge in [0.05, 0.1) is 0 Å². The van der Waals surface area contributed by atoms with Crippen molar-refractivity contribution >= 4 is 11.6 Å². The molecule has 0 fully saturated rings. The summed E-state index contributed by atoms with van der Waals surface area (Å²) >= 11 is 0. The maximum absolute atomic E-state index is 12.2. The quantitative estimate of drug-likeness (QED) is 0.389. The molecule has 2 N–H and O–H groups in total. The van der Waals surface area contributed by atoms with E-state index in [0.717, 1.165) is 5.57 Å². The number of rotatable bonds is 6. The summed E-state index contributed by atoms with van der Waals surface area (Å²) in [6, 6.07) is 5.09. The van der Waals surface area contributed by atoms with Gasteiger partial charge < -0.3 is 10.4 Å². The molecule has 0 atom stereocenters. The van der Waals surface area contributed by atoms with E-state index >= 15 is 0 Å². The van der Waals surface area contributed by atoms with Gasteiger partial charge in [-0.2, -0.15) is 0 Å². The first-order valence-corrected chi connectivity index (χ1v) is 10.6. The first-order valence-electron chi connectivity index (χ1n) is 10.6. The minimum Gasteiger partial charge on any atom is -0.508 e. The highest BCUT2D eigenvalue weighted by molar-refractivity contribution is 6.00. The lowest BCUT2D eigenvalue weighted by atomic mass is 9.72. The molecular weight excluding hydrogens is 370 g/mol. The van der Waals surface area contributed by atoms with Gasteiger partial charge in [-0.05, 0) is 75.7 Å². The van der Waals surface area contributed by atoms with Crippen LogP contribution in [0.15, 0.2) is 76.9 Å². The molecule has 0 unspecified atom stereocenters. The third-order valence-electron chi connectivity index (χ3n) is 5.70. The molecule has 0 heterocycles. The molecule has 30 heavy (non-hydrogen) atoms. The first kappa shape index (κ1) is 23.5. The first-order chi connectivity index (χ1) is 14.1. The number of anilines is 1. The Morgan fingerprint density at radius 3 is 2.57 bits per heavy atom. The average Bonchev–Trinajstić information content (AvgIpc) is 2.64. The number of aromatic hydroxyl groups is 1. The number of nitrogens with one attached hydrogen (secondary N) is 1. The Hall–Kier alpha value is -2.81.